The highest BCUT2D eigenvalue weighted by molar-refractivity contribution is 5.82. The van der Waals surface area contributed by atoms with E-state index in [1.165, 1.54) is 0 Å². The first-order valence-electron chi connectivity index (χ1n) is 13.0. The molecule has 0 aliphatic rings. The van der Waals surface area contributed by atoms with Crippen molar-refractivity contribution in [3.8, 4) is 22.8 Å². The lowest BCUT2D eigenvalue weighted by Crippen LogP contribution is -2.32. The third kappa shape index (κ3) is 6.41. The maximum absolute atomic E-state index is 5.54. The molecule has 1 atom stereocenters. The van der Waals surface area contributed by atoms with Gasteiger partial charge in [-0.25, -0.2) is 4.98 Å². The van der Waals surface area contributed by atoms with Crippen molar-refractivity contribution in [2.75, 3.05) is 45.9 Å². The smallest absolute Gasteiger partial charge is 0.124 e. The Morgan fingerprint density at radius 3 is 2.37 bits per heavy atom. The molecule has 2 aromatic heterocycles. The van der Waals surface area contributed by atoms with Gasteiger partial charge in [-0.15, -0.1) is 0 Å². The zero-order valence-electron chi connectivity index (χ0n) is 23.1. The summed E-state index contributed by atoms with van der Waals surface area (Å²) in [6.45, 7) is 8.58. The van der Waals surface area contributed by atoms with Crippen LogP contribution in [0.4, 0.5) is 11.4 Å². The van der Waals surface area contributed by atoms with Crippen LogP contribution in [0.5, 0.6) is 11.5 Å². The van der Waals surface area contributed by atoms with E-state index < -0.39 is 0 Å². The number of rotatable bonds is 13. The molecule has 9 heteroatoms. The Morgan fingerprint density at radius 1 is 0.947 bits per heavy atom. The van der Waals surface area contributed by atoms with Gasteiger partial charge in [0.15, 0.2) is 0 Å². The third-order valence-electron chi connectivity index (χ3n) is 6.48. The number of hydrogen-bond donors (Lipinski definition) is 1. The molecule has 0 spiro atoms. The fraction of sp³-hybridized carbons (Fsp3) is 0.414. The number of ether oxygens (including phenoxy) is 3. The number of anilines is 2. The van der Waals surface area contributed by atoms with Gasteiger partial charge in [-0.3, -0.25) is 9.67 Å². The molecule has 38 heavy (non-hydrogen) atoms. The Kier molecular flexibility index (Phi) is 9.15. The number of nitrogens with zero attached hydrogens (tertiary/aromatic N) is 5. The number of aromatic nitrogens is 4. The quantitative estimate of drug-likeness (QED) is 0.257. The number of nitrogens with one attached hydrogen (secondary N) is 1. The van der Waals surface area contributed by atoms with E-state index in [1.807, 2.05) is 41.3 Å². The van der Waals surface area contributed by atoms with Crippen LogP contribution in [-0.4, -0.2) is 66.8 Å². The summed E-state index contributed by atoms with van der Waals surface area (Å²) < 4.78 is 18.4. The summed E-state index contributed by atoms with van der Waals surface area (Å²) in [5.41, 5.74) is 5.33. The fourth-order valence-electron chi connectivity index (χ4n) is 4.37. The lowest BCUT2D eigenvalue weighted by atomic mass is 10.2. The van der Waals surface area contributed by atoms with Crippen molar-refractivity contribution in [3.05, 3.63) is 55.0 Å². The molecule has 2 aromatic carbocycles. The second-order valence-corrected chi connectivity index (χ2v) is 9.49. The largest absolute Gasteiger partial charge is 0.497 e. The second-order valence-electron chi connectivity index (χ2n) is 9.49. The standard InChI is InChI=1S/C29H38N6O3/c1-7-22(19-36-4)35-18-21(16-32-35)29-17-31-27-9-8-23(14-28(27)33-29)34(11-10-30-20(2)3)24-12-25(37-5)15-26(13-24)38-6/h8-9,12-18,20,22,30H,7,10-11,19H2,1-6H3. The van der Waals surface area contributed by atoms with Gasteiger partial charge < -0.3 is 24.4 Å². The van der Waals surface area contributed by atoms with Crippen LogP contribution in [-0.2, 0) is 4.74 Å². The van der Waals surface area contributed by atoms with E-state index in [2.05, 4.69) is 53.2 Å². The highest BCUT2D eigenvalue weighted by Crippen LogP contribution is 2.34. The topological polar surface area (TPSA) is 86.6 Å². The lowest BCUT2D eigenvalue weighted by molar-refractivity contribution is 0.147. The van der Waals surface area contributed by atoms with Crippen LogP contribution < -0.4 is 19.7 Å². The molecule has 4 aromatic rings. The maximum atomic E-state index is 5.54. The predicted octanol–water partition coefficient (Wildman–Crippen LogP) is 5.24. The zero-order chi connectivity index (χ0) is 27.1. The van der Waals surface area contributed by atoms with Gasteiger partial charge in [-0.05, 0) is 24.6 Å². The molecule has 0 aliphatic carbocycles. The molecule has 0 saturated carbocycles. The van der Waals surface area contributed by atoms with Gasteiger partial charge in [0.25, 0.3) is 0 Å². The van der Waals surface area contributed by atoms with Crippen molar-refractivity contribution < 1.29 is 14.2 Å². The summed E-state index contributed by atoms with van der Waals surface area (Å²) in [6, 6.07) is 12.6. The van der Waals surface area contributed by atoms with Crippen molar-refractivity contribution in [2.24, 2.45) is 0 Å². The Morgan fingerprint density at radius 2 is 1.71 bits per heavy atom. The van der Waals surface area contributed by atoms with Crippen LogP contribution in [0.1, 0.15) is 33.2 Å². The van der Waals surface area contributed by atoms with Crippen molar-refractivity contribution >= 4 is 22.4 Å². The van der Waals surface area contributed by atoms with Gasteiger partial charge in [0.1, 0.15) is 11.5 Å². The van der Waals surface area contributed by atoms with Crippen LogP contribution in [0.25, 0.3) is 22.3 Å². The van der Waals surface area contributed by atoms with Crippen molar-refractivity contribution in [1.82, 2.24) is 25.1 Å². The van der Waals surface area contributed by atoms with E-state index in [1.54, 1.807) is 27.5 Å². The molecular weight excluding hydrogens is 480 g/mol. The molecule has 0 fully saturated rings. The number of methoxy groups -OCH3 is 3. The van der Waals surface area contributed by atoms with Gasteiger partial charge >= 0.3 is 0 Å². The van der Waals surface area contributed by atoms with Crippen LogP contribution in [0.15, 0.2) is 55.0 Å². The monoisotopic (exact) mass is 518 g/mol. The fourth-order valence-corrected chi connectivity index (χ4v) is 4.37. The Balaban J connectivity index is 1.71. The van der Waals surface area contributed by atoms with E-state index in [-0.39, 0.29) is 6.04 Å². The molecule has 1 unspecified atom stereocenters. The average molecular weight is 519 g/mol. The minimum atomic E-state index is 0.182. The SMILES string of the molecule is CCC(COC)n1cc(-c2cnc3ccc(N(CCNC(C)C)c4cc(OC)cc(OC)c4)cc3n2)cn1. The molecule has 0 aliphatic heterocycles. The second kappa shape index (κ2) is 12.7. The summed E-state index contributed by atoms with van der Waals surface area (Å²) >= 11 is 0. The molecule has 202 valence electrons. The summed E-state index contributed by atoms with van der Waals surface area (Å²) in [4.78, 5) is 11.9. The van der Waals surface area contributed by atoms with Crippen LogP contribution in [0, 0.1) is 0 Å². The molecular formula is C29H38N6O3. The Hall–Kier alpha value is -3.69. The van der Waals surface area contributed by atoms with Crippen LogP contribution in [0.2, 0.25) is 0 Å². The number of fused-ring (bicyclic) bond motifs is 1. The maximum Gasteiger partial charge on any atom is 0.124 e. The first-order chi connectivity index (χ1) is 18.4. The number of hydrogen-bond acceptors (Lipinski definition) is 8. The van der Waals surface area contributed by atoms with Gasteiger partial charge in [0.2, 0.25) is 0 Å². The Bertz CT molecular complexity index is 1320. The van der Waals surface area contributed by atoms with E-state index in [0.29, 0.717) is 12.6 Å². The highest BCUT2D eigenvalue weighted by atomic mass is 16.5. The van der Waals surface area contributed by atoms with Gasteiger partial charge in [-0.2, -0.15) is 5.10 Å². The van der Waals surface area contributed by atoms with Crippen LogP contribution >= 0.6 is 0 Å². The van der Waals surface area contributed by atoms with Gasteiger partial charge in [0.05, 0.1) is 56.0 Å². The molecule has 0 saturated heterocycles. The average Bonchev–Trinajstić information content (AvgIpc) is 3.43. The normalized spacial score (nSPS) is 12.2. The van der Waals surface area contributed by atoms with E-state index in [9.17, 15) is 0 Å². The molecule has 2 heterocycles. The minimum Gasteiger partial charge on any atom is -0.497 e. The molecule has 1 N–H and O–H groups in total. The lowest BCUT2D eigenvalue weighted by Gasteiger charge is -2.27. The molecule has 0 radical (unpaired) electrons. The van der Waals surface area contributed by atoms with Crippen molar-refractivity contribution in [2.45, 2.75) is 39.3 Å². The highest BCUT2D eigenvalue weighted by Gasteiger charge is 2.16. The summed E-state index contributed by atoms with van der Waals surface area (Å²) in [6.07, 6.45) is 6.58. The van der Waals surface area contributed by atoms with Crippen molar-refractivity contribution in [1.29, 1.82) is 0 Å². The number of benzene rings is 2. The third-order valence-corrected chi connectivity index (χ3v) is 6.48. The van der Waals surface area contributed by atoms with E-state index in [0.717, 1.165) is 64.7 Å². The predicted molar refractivity (Wildman–Crippen MR) is 152 cm³/mol. The van der Waals surface area contributed by atoms with Crippen LogP contribution in [0.3, 0.4) is 0 Å². The molecule has 0 amide bonds. The van der Waals surface area contributed by atoms with E-state index in [4.69, 9.17) is 19.2 Å². The first-order valence-corrected chi connectivity index (χ1v) is 13.0. The minimum absolute atomic E-state index is 0.182. The van der Waals surface area contributed by atoms with Gasteiger partial charge in [-0.1, -0.05) is 20.8 Å². The Labute approximate surface area is 224 Å². The van der Waals surface area contributed by atoms with Gasteiger partial charge in [0, 0.05) is 67.6 Å². The van der Waals surface area contributed by atoms with Crippen molar-refractivity contribution in [3.63, 3.8) is 0 Å². The zero-order valence-corrected chi connectivity index (χ0v) is 23.1. The summed E-state index contributed by atoms with van der Waals surface area (Å²) in [7, 11) is 5.04. The first kappa shape index (κ1) is 27.3. The molecule has 0 bridgehead atoms. The summed E-state index contributed by atoms with van der Waals surface area (Å²) in [5.74, 6) is 1.47. The molecule has 4 rings (SSSR count). The molecule has 9 nitrogen and oxygen atoms in total. The summed E-state index contributed by atoms with van der Waals surface area (Å²) in [5, 5.41) is 8.07. The van der Waals surface area contributed by atoms with E-state index >= 15 is 0 Å².